The van der Waals surface area contributed by atoms with Crippen molar-refractivity contribution < 1.29 is 9.84 Å². The van der Waals surface area contributed by atoms with E-state index in [0.717, 1.165) is 12.0 Å². The molecule has 1 rings (SSSR count). The number of methoxy groups -OCH3 is 1. The lowest BCUT2D eigenvalue weighted by atomic mass is 10.1. The Labute approximate surface area is 71.6 Å². The van der Waals surface area contributed by atoms with Crippen molar-refractivity contribution in [2.75, 3.05) is 13.7 Å². The van der Waals surface area contributed by atoms with E-state index < -0.39 is 6.10 Å². The maximum Gasteiger partial charge on any atom is 0.0821 e. The largest absolute Gasteiger partial charge is 0.388 e. The molecule has 0 aromatic carbocycles. The van der Waals surface area contributed by atoms with E-state index in [0.29, 0.717) is 13.0 Å². The Morgan fingerprint density at radius 2 is 2.58 bits per heavy atom. The Hall–Kier alpha value is -0.870. The third-order valence-electron chi connectivity index (χ3n) is 1.73. The van der Waals surface area contributed by atoms with Crippen molar-refractivity contribution in [2.24, 2.45) is 0 Å². The molecule has 0 radical (unpaired) electrons. The third kappa shape index (κ3) is 2.64. The molecule has 0 aliphatic carbocycles. The minimum atomic E-state index is -0.418. The summed E-state index contributed by atoms with van der Waals surface area (Å²) in [5.41, 5.74) is 0.839. The van der Waals surface area contributed by atoms with Gasteiger partial charge in [-0.25, -0.2) is 0 Å². The van der Waals surface area contributed by atoms with E-state index in [1.165, 1.54) is 0 Å². The van der Waals surface area contributed by atoms with Crippen LogP contribution in [0.25, 0.3) is 0 Å². The van der Waals surface area contributed by atoms with Crippen LogP contribution in [-0.4, -0.2) is 29.0 Å². The molecule has 0 aliphatic heterocycles. The zero-order valence-electron chi connectivity index (χ0n) is 7.16. The van der Waals surface area contributed by atoms with Gasteiger partial charge < -0.3 is 9.84 Å². The van der Waals surface area contributed by atoms with Crippen molar-refractivity contribution in [3.05, 3.63) is 18.0 Å². The molecule has 0 bridgehead atoms. The monoisotopic (exact) mass is 170 g/mol. The van der Waals surface area contributed by atoms with Crippen LogP contribution in [0.2, 0.25) is 0 Å². The van der Waals surface area contributed by atoms with Crippen molar-refractivity contribution in [3.63, 3.8) is 0 Å². The van der Waals surface area contributed by atoms with Gasteiger partial charge in [-0.05, 0) is 12.8 Å². The summed E-state index contributed by atoms with van der Waals surface area (Å²) < 4.78 is 4.88. The molecule has 0 saturated carbocycles. The Morgan fingerprint density at radius 1 is 1.75 bits per heavy atom. The lowest BCUT2D eigenvalue weighted by molar-refractivity contribution is 0.136. The number of aliphatic hydroxyl groups excluding tert-OH is 1. The first-order valence-electron chi connectivity index (χ1n) is 4.00. The number of aromatic amines is 1. The molecule has 1 heterocycles. The minimum Gasteiger partial charge on any atom is -0.388 e. The normalized spacial score (nSPS) is 13.2. The van der Waals surface area contributed by atoms with Crippen molar-refractivity contribution in [3.8, 4) is 0 Å². The summed E-state index contributed by atoms with van der Waals surface area (Å²) in [6, 6.07) is 0. The van der Waals surface area contributed by atoms with Crippen LogP contribution < -0.4 is 0 Å². The lowest BCUT2D eigenvalue weighted by Crippen LogP contribution is -1.98. The number of nitrogens with one attached hydrogen (secondary N) is 1. The summed E-state index contributed by atoms with van der Waals surface area (Å²) in [6.45, 7) is 0.689. The van der Waals surface area contributed by atoms with E-state index in [1.54, 1.807) is 19.5 Å². The van der Waals surface area contributed by atoms with E-state index >= 15 is 0 Å². The highest BCUT2D eigenvalue weighted by Crippen LogP contribution is 2.15. The highest BCUT2D eigenvalue weighted by molar-refractivity contribution is 5.06. The Balaban J connectivity index is 2.25. The van der Waals surface area contributed by atoms with Gasteiger partial charge in [0.1, 0.15) is 0 Å². The van der Waals surface area contributed by atoms with Crippen LogP contribution in [0.5, 0.6) is 0 Å². The van der Waals surface area contributed by atoms with Gasteiger partial charge in [-0.2, -0.15) is 5.10 Å². The van der Waals surface area contributed by atoms with Crippen molar-refractivity contribution in [1.29, 1.82) is 0 Å². The second-order valence-electron chi connectivity index (χ2n) is 2.68. The van der Waals surface area contributed by atoms with Crippen molar-refractivity contribution >= 4 is 0 Å². The molecule has 68 valence electrons. The number of H-pyrrole nitrogens is 1. The maximum absolute atomic E-state index is 9.52. The summed E-state index contributed by atoms with van der Waals surface area (Å²) in [5.74, 6) is 0. The van der Waals surface area contributed by atoms with Gasteiger partial charge in [0.15, 0.2) is 0 Å². The molecule has 0 fully saturated rings. The number of nitrogens with zero attached hydrogens (tertiary/aromatic N) is 1. The molecule has 1 aromatic rings. The molecule has 0 aliphatic rings. The fourth-order valence-electron chi connectivity index (χ4n) is 1.03. The van der Waals surface area contributed by atoms with Gasteiger partial charge >= 0.3 is 0 Å². The fourth-order valence-corrected chi connectivity index (χ4v) is 1.03. The average molecular weight is 170 g/mol. The Bertz CT molecular complexity index is 199. The zero-order chi connectivity index (χ0) is 8.81. The second kappa shape index (κ2) is 4.90. The fraction of sp³-hybridized carbons (Fsp3) is 0.625. The Kier molecular flexibility index (Phi) is 3.76. The number of aliphatic hydroxyl groups is 1. The van der Waals surface area contributed by atoms with Gasteiger partial charge in [-0.1, -0.05) is 0 Å². The van der Waals surface area contributed by atoms with Crippen LogP contribution in [0, 0.1) is 0 Å². The van der Waals surface area contributed by atoms with Gasteiger partial charge in [0.2, 0.25) is 0 Å². The smallest absolute Gasteiger partial charge is 0.0821 e. The summed E-state index contributed by atoms with van der Waals surface area (Å²) in [6.07, 6.45) is 4.50. The van der Waals surface area contributed by atoms with Crippen molar-refractivity contribution in [1.82, 2.24) is 10.2 Å². The predicted octanol–water partition coefficient (Wildman–Crippen LogP) is 0.870. The molecule has 1 atom stereocenters. The summed E-state index contributed by atoms with van der Waals surface area (Å²) >= 11 is 0. The first-order chi connectivity index (χ1) is 5.84. The summed E-state index contributed by atoms with van der Waals surface area (Å²) in [4.78, 5) is 0. The number of hydrogen-bond donors (Lipinski definition) is 2. The molecule has 12 heavy (non-hydrogen) atoms. The molecular weight excluding hydrogens is 156 g/mol. The summed E-state index contributed by atoms with van der Waals surface area (Å²) in [5, 5.41) is 15.9. The maximum atomic E-state index is 9.52. The first-order valence-corrected chi connectivity index (χ1v) is 4.00. The third-order valence-corrected chi connectivity index (χ3v) is 1.73. The Morgan fingerprint density at radius 3 is 3.17 bits per heavy atom. The molecule has 4 heteroatoms. The minimum absolute atomic E-state index is 0.418. The topological polar surface area (TPSA) is 58.1 Å². The molecular formula is C8H14N2O2. The van der Waals surface area contributed by atoms with Crippen LogP contribution in [0.3, 0.4) is 0 Å². The quantitative estimate of drug-likeness (QED) is 0.644. The van der Waals surface area contributed by atoms with E-state index in [9.17, 15) is 5.11 Å². The standard InChI is InChI=1S/C8H14N2O2/c1-12-4-2-3-8(11)7-5-9-10-6-7/h5-6,8,11H,2-4H2,1H3,(H,9,10). The van der Waals surface area contributed by atoms with Gasteiger partial charge in [-0.15, -0.1) is 0 Å². The van der Waals surface area contributed by atoms with E-state index in [1.807, 2.05) is 0 Å². The number of aromatic nitrogens is 2. The molecule has 1 unspecified atom stereocenters. The van der Waals surface area contributed by atoms with E-state index in [2.05, 4.69) is 10.2 Å². The van der Waals surface area contributed by atoms with E-state index in [4.69, 9.17) is 4.74 Å². The SMILES string of the molecule is COCCCC(O)c1cn[nH]c1. The number of ether oxygens (including phenoxy) is 1. The zero-order valence-corrected chi connectivity index (χ0v) is 7.16. The van der Waals surface area contributed by atoms with Crippen LogP contribution in [-0.2, 0) is 4.74 Å². The van der Waals surface area contributed by atoms with Crippen molar-refractivity contribution in [2.45, 2.75) is 18.9 Å². The van der Waals surface area contributed by atoms with Gasteiger partial charge in [0.25, 0.3) is 0 Å². The molecule has 0 amide bonds. The number of hydrogen-bond acceptors (Lipinski definition) is 3. The van der Waals surface area contributed by atoms with Crippen LogP contribution in [0.15, 0.2) is 12.4 Å². The average Bonchev–Trinajstić information content (AvgIpc) is 2.56. The highest BCUT2D eigenvalue weighted by atomic mass is 16.5. The predicted molar refractivity (Wildman–Crippen MR) is 44.7 cm³/mol. The molecule has 2 N–H and O–H groups in total. The second-order valence-corrected chi connectivity index (χ2v) is 2.68. The van der Waals surface area contributed by atoms with Gasteiger partial charge in [0, 0.05) is 25.5 Å². The van der Waals surface area contributed by atoms with Crippen LogP contribution in [0.4, 0.5) is 0 Å². The highest BCUT2D eigenvalue weighted by Gasteiger charge is 2.06. The lowest BCUT2D eigenvalue weighted by Gasteiger charge is -2.06. The van der Waals surface area contributed by atoms with Gasteiger partial charge in [0.05, 0.1) is 12.3 Å². The molecule has 1 aromatic heterocycles. The molecule has 0 saturated heterocycles. The van der Waals surface area contributed by atoms with E-state index in [-0.39, 0.29) is 0 Å². The van der Waals surface area contributed by atoms with Crippen LogP contribution >= 0.6 is 0 Å². The van der Waals surface area contributed by atoms with Gasteiger partial charge in [-0.3, -0.25) is 5.10 Å². The summed E-state index contributed by atoms with van der Waals surface area (Å²) in [7, 11) is 1.66. The molecule has 4 nitrogen and oxygen atoms in total. The van der Waals surface area contributed by atoms with Crippen LogP contribution in [0.1, 0.15) is 24.5 Å². The number of rotatable bonds is 5. The first kappa shape index (κ1) is 9.22. The molecule has 0 spiro atoms.